The second kappa shape index (κ2) is 7.07. The zero-order chi connectivity index (χ0) is 16.0. The van der Waals surface area contributed by atoms with Crippen molar-refractivity contribution >= 4 is 39.3 Å². The Hall–Kier alpha value is -2.10. The predicted octanol–water partition coefficient (Wildman–Crippen LogP) is 1.34. The predicted molar refractivity (Wildman–Crippen MR) is 70.5 cm³/mol. The van der Waals surface area contributed by atoms with Crippen molar-refractivity contribution in [2.75, 3.05) is 10.6 Å². The van der Waals surface area contributed by atoms with Gasteiger partial charge in [-0.05, 0) is 24.3 Å². The van der Waals surface area contributed by atoms with Gasteiger partial charge in [-0.25, -0.2) is 0 Å². The molecular formula is C11H9BrF3N3O3. The summed E-state index contributed by atoms with van der Waals surface area (Å²) in [6.07, 6.45) is -5.09. The molecule has 0 aliphatic heterocycles. The Labute approximate surface area is 125 Å². The Kier molecular flexibility index (Phi) is 5.70. The largest absolute Gasteiger partial charge is 0.472 e. The smallest absolute Gasteiger partial charge is 0.325 e. The maximum atomic E-state index is 11.9. The van der Waals surface area contributed by atoms with E-state index < -0.39 is 18.0 Å². The van der Waals surface area contributed by atoms with Crippen LogP contribution >= 0.6 is 15.9 Å². The van der Waals surface area contributed by atoms with Crippen molar-refractivity contribution in [3.63, 3.8) is 0 Å². The second-order valence-electron chi connectivity index (χ2n) is 3.67. The van der Waals surface area contributed by atoms with Crippen LogP contribution in [0.25, 0.3) is 0 Å². The zero-order valence-corrected chi connectivity index (χ0v) is 11.8. The van der Waals surface area contributed by atoms with Gasteiger partial charge in [-0.3, -0.25) is 25.2 Å². The SMILES string of the molecule is O=C(CBr)Nc1ccc(C(=O)NNC(=O)C(F)(F)F)cc1. The molecule has 0 radical (unpaired) electrons. The second-order valence-corrected chi connectivity index (χ2v) is 4.23. The van der Waals surface area contributed by atoms with Gasteiger partial charge in [0.05, 0.1) is 5.33 Å². The Bertz CT molecular complexity index is 546. The molecule has 0 bridgehead atoms. The summed E-state index contributed by atoms with van der Waals surface area (Å²) in [6, 6.07) is 5.33. The van der Waals surface area contributed by atoms with Crippen LogP contribution in [0.1, 0.15) is 10.4 Å². The fraction of sp³-hybridized carbons (Fsp3) is 0.182. The third kappa shape index (κ3) is 5.42. The molecule has 1 aromatic rings. The normalized spacial score (nSPS) is 10.7. The molecule has 3 N–H and O–H groups in total. The molecule has 0 spiro atoms. The lowest BCUT2D eigenvalue weighted by Crippen LogP contribution is -2.47. The van der Waals surface area contributed by atoms with Crippen LogP contribution in [0.4, 0.5) is 18.9 Å². The van der Waals surface area contributed by atoms with E-state index >= 15 is 0 Å². The first-order valence-corrected chi connectivity index (χ1v) is 6.49. The molecule has 3 amide bonds. The fourth-order valence-electron chi connectivity index (χ4n) is 1.16. The number of hydrazine groups is 1. The van der Waals surface area contributed by atoms with Gasteiger partial charge >= 0.3 is 12.1 Å². The van der Waals surface area contributed by atoms with Crippen molar-refractivity contribution in [3.05, 3.63) is 29.8 Å². The molecule has 0 aliphatic carbocycles. The lowest BCUT2D eigenvalue weighted by molar-refractivity contribution is -0.174. The molecule has 0 fully saturated rings. The highest BCUT2D eigenvalue weighted by molar-refractivity contribution is 9.09. The summed E-state index contributed by atoms with van der Waals surface area (Å²) in [5.41, 5.74) is 3.28. The Morgan fingerprint density at radius 3 is 2.10 bits per heavy atom. The number of anilines is 1. The molecule has 0 heterocycles. The molecule has 21 heavy (non-hydrogen) atoms. The van der Waals surface area contributed by atoms with Crippen LogP contribution in [0.15, 0.2) is 24.3 Å². The monoisotopic (exact) mass is 367 g/mol. The number of nitrogens with one attached hydrogen (secondary N) is 3. The number of halogens is 4. The average Bonchev–Trinajstić information content (AvgIpc) is 2.43. The first kappa shape index (κ1) is 17.0. The molecule has 0 aromatic heterocycles. The van der Waals surface area contributed by atoms with E-state index in [-0.39, 0.29) is 16.8 Å². The standard InChI is InChI=1S/C11H9BrF3N3O3/c12-5-8(19)16-7-3-1-6(2-4-7)9(20)17-18-10(21)11(13,14)15/h1-4H,5H2,(H,16,19)(H,17,20)(H,18,21). The van der Waals surface area contributed by atoms with E-state index in [1.54, 1.807) is 5.43 Å². The molecule has 0 saturated carbocycles. The van der Waals surface area contributed by atoms with Crippen LogP contribution in [0.5, 0.6) is 0 Å². The number of alkyl halides is 4. The molecular weight excluding hydrogens is 359 g/mol. The minimum absolute atomic E-state index is 0.00863. The van der Waals surface area contributed by atoms with Crippen LogP contribution in [0.2, 0.25) is 0 Å². The highest BCUT2D eigenvalue weighted by Gasteiger charge is 2.38. The third-order valence-electron chi connectivity index (χ3n) is 2.10. The Morgan fingerprint density at radius 2 is 1.62 bits per heavy atom. The molecule has 1 rings (SSSR count). The summed E-state index contributed by atoms with van der Waals surface area (Å²) in [5, 5.41) is 2.59. The van der Waals surface area contributed by atoms with E-state index in [0.717, 1.165) is 0 Å². The Morgan fingerprint density at radius 1 is 1.05 bits per heavy atom. The number of hydrogen-bond acceptors (Lipinski definition) is 3. The first-order chi connectivity index (χ1) is 9.74. The molecule has 10 heteroatoms. The number of carbonyl (C=O) groups is 3. The van der Waals surface area contributed by atoms with Gasteiger partial charge in [0.15, 0.2) is 0 Å². The summed E-state index contributed by atoms with van der Waals surface area (Å²) in [4.78, 5) is 33.1. The van der Waals surface area contributed by atoms with Crippen molar-refractivity contribution in [1.82, 2.24) is 10.9 Å². The van der Waals surface area contributed by atoms with Gasteiger partial charge in [-0.15, -0.1) is 0 Å². The summed E-state index contributed by atoms with van der Waals surface area (Å²) in [7, 11) is 0. The van der Waals surface area contributed by atoms with Gasteiger partial charge in [0.1, 0.15) is 0 Å². The van der Waals surface area contributed by atoms with Gasteiger partial charge in [0.2, 0.25) is 5.91 Å². The summed E-state index contributed by atoms with van der Waals surface area (Å²) >= 11 is 2.95. The van der Waals surface area contributed by atoms with E-state index in [2.05, 4.69) is 21.2 Å². The van der Waals surface area contributed by atoms with E-state index in [0.29, 0.717) is 5.69 Å². The summed E-state index contributed by atoms with van der Waals surface area (Å²) < 4.78 is 35.7. The third-order valence-corrected chi connectivity index (χ3v) is 2.61. The average molecular weight is 368 g/mol. The minimum atomic E-state index is -5.09. The molecule has 0 atom stereocenters. The first-order valence-electron chi connectivity index (χ1n) is 5.37. The van der Waals surface area contributed by atoms with Crippen molar-refractivity contribution in [3.8, 4) is 0 Å². The quantitative estimate of drug-likeness (QED) is 0.556. The highest BCUT2D eigenvalue weighted by atomic mass is 79.9. The zero-order valence-electron chi connectivity index (χ0n) is 10.3. The topological polar surface area (TPSA) is 87.3 Å². The molecule has 1 aromatic carbocycles. The number of rotatable bonds is 3. The van der Waals surface area contributed by atoms with Gasteiger partial charge in [0.25, 0.3) is 5.91 Å². The molecule has 0 saturated heterocycles. The molecule has 114 valence electrons. The van der Waals surface area contributed by atoms with Crippen molar-refractivity contribution < 1.29 is 27.6 Å². The lowest BCUT2D eigenvalue weighted by atomic mass is 10.2. The van der Waals surface area contributed by atoms with Crippen LogP contribution in [0.3, 0.4) is 0 Å². The summed E-state index contributed by atoms with van der Waals surface area (Å²) in [5.74, 6) is -3.51. The number of benzene rings is 1. The van der Waals surface area contributed by atoms with Gasteiger partial charge in [0, 0.05) is 11.3 Å². The molecule has 6 nitrogen and oxygen atoms in total. The number of carbonyl (C=O) groups excluding carboxylic acids is 3. The van der Waals surface area contributed by atoms with Gasteiger partial charge < -0.3 is 5.32 Å². The fourth-order valence-corrected chi connectivity index (χ4v) is 1.30. The van der Waals surface area contributed by atoms with Crippen LogP contribution in [0, 0.1) is 0 Å². The summed E-state index contributed by atoms with van der Waals surface area (Å²) in [6.45, 7) is 0. The van der Waals surface area contributed by atoms with Gasteiger partial charge in [-0.2, -0.15) is 13.2 Å². The maximum absolute atomic E-state index is 11.9. The van der Waals surface area contributed by atoms with E-state index in [1.807, 2.05) is 0 Å². The number of amides is 3. The van der Waals surface area contributed by atoms with E-state index in [1.165, 1.54) is 29.7 Å². The molecule has 0 unspecified atom stereocenters. The highest BCUT2D eigenvalue weighted by Crippen LogP contribution is 2.13. The van der Waals surface area contributed by atoms with E-state index in [9.17, 15) is 27.6 Å². The van der Waals surface area contributed by atoms with Crippen molar-refractivity contribution in [2.45, 2.75) is 6.18 Å². The minimum Gasteiger partial charge on any atom is -0.325 e. The maximum Gasteiger partial charge on any atom is 0.472 e. The van der Waals surface area contributed by atoms with Crippen molar-refractivity contribution in [2.24, 2.45) is 0 Å². The van der Waals surface area contributed by atoms with Crippen LogP contribution in [-0.2, 0) is 9.59 Å². The van der Waals surface area contributed by atoms with Crippen molar-refractivity contribution in [1.29, 1.82) is 0 Å². The molecule has 0 aliphatic rings. The Balaban J connectivity index is 2.59. The number of hydrogen-bond donors (Lipinski definition) is 3. The lowest BCUT2D eigenvalue weighted by Gasteiger charge is -2.09. The van der Waals surface area contributed by atoms with Gasteiger partial charge in [-0.1, -0.05) is 15.9 Å². The van der Waals surface area contributed by atoms with Crippen LogP contribution < -0.4 is 16.2 Å². The van der Waals surface area contributed by atoms with Crippen LogP contribution in [-0.4, -0.2) is 29.2 Å². The van der Waals surface area contributed by atoms with E-state index in [4.69, 9.17) is 0 Å².